The van der Waals surface area contributed by atoms with Crippen molar-refractivity contribution >= 4 is 11.6 Å². The van der Waals surface area contributed by atoms with Crippen molar-refractivity contribution in [3.05, 3.63) is 47.2 Å². The number of ether oxygens (including phenoxy) is 1. The second kappa shape index (κ2) is 6.59. The lowest BCUT2D eigenvalue weighted by Gasteiger charge is -2.11. The highest BCUT2D eigenvalue weighted by atomic mass is 35.5. The third-order valence-electron chi connectivity index (χ3n) is 2.72. The highest BCUT2D eigenvalue weighted by Crippen LogP contribution is 2.17. The highest BCUT2D eigenvalue weighted by Gasteiger charge is 2.08. The lowest BCUT2D eigenvalue weighted by atomic mass is 10.2. The zero-order valence-corrected chi connectivity index (χ0v) is 11.5. The number of halogens is 1. The minimum absolute atomic E-state index is 0.234. The van der Waals surface area contributed by atoms with Crippen LogP contribution >= 0.6 is 11.6 Å². The predicted octanol–water partition coefficient (Wildman–Crippen LogP) is 2.54. The first kappa shape index (κ1) is 13.9. The van der Waals surface area contributed by atoms with Gasteiger partial charge in [0.1, 0.15) is 12.4 Å². The summed E-state index contributed by atoms with van der Waals surface area (Å²) in [6.45, 7) is 3.09. The molecule has 1 N–H and O–H groups in total. The van der Waals surface area contributed by atoms with E-state index in [0.717, 1.165) is 12.1 Å². The molecule has 0 saturated carbocycles. The van der Waals surface area contributed by atoms with Gasteiger partial charge in [0.15, 0.2) is 0 Å². The van der Waals surface area contributed by atoms with Gasteiger partial charge in [-0.1, -0.05) is 17.7 Å². The third kappa shape index (κ3) is 4.26. The minimum Gasteiger partial charge on any atom is -0.491 e. The topological polar surface area (TPSA) is 47.3 Å². The van der Waals surface area contributed by atoms with Gasteiger partial charge in [-0.2, -0.15) is 5.10 Å². The van der Waals surface area contributed by atoms with Crippen LogP contribution in [0.3, 0.4) is 0 Å². The van der Waals surface area contributed by atoms with Crippen molar-refractivity contribution < 1.29 is 9.84 Å². The van der Waals surface area contributed by atoms with E-state index in [4.69, 9.17) is 16.3 Å². The van der Waals surface area contributed by atoms with E-state index in [2.05, 4.69) is 5.10 Å². The van der Waals surface area contributed by atoms with Crippen LogP contribution in [0.25, 0.3) is 0 Å². The molecule has 1 unspecified atom stereocenters. The summed E-state index contributed by atoms with van der Waals surface area (Å²) in [5.74, 6) is 0.663. The van der Waals surface area contributed by atoms with Gasteiger partial charge in [0, 0.05) is 24.2 Å². The van der Waals surface area contributed by atoms with Crippen molar-refractivity contribution in [1.82, 2.24) is 9.78 Å². The molecule has 2 rings (SSSR count). The molecule has 0 aliphatic rings. The molecule has 1 aromatic carbocycles. The Bertz CT molecular complexity index is 528. The largest absolute Gasteiger partial charge is 0.491 e. The number of hydrogen-bond acceptors (Lipinski definition) is 3. The third-order valence-corrected chi connectivity index (χ3v) is 2.96. The molecule has 0 spiro atoms. The van der Waals surface area contributed by atoms with Gasteiger partial charge in [-0.15, -0.1) is 0 Å². The molecule has 0 aliphatic heterocycles. The van der Waals surface area contributed by atoms with Crippen LogP contribution in [-0.2, 0) is 13.0 Å². The number of nitrogens with zero attached hydrogens (tertiary/aromatic N) is 2. The Morgan fingerprint density at radius 3 is 3.00 bits per heavy atom. The van der Waals surface area contributed by atoms with E-state index >= 15 is 0 Å². The molecule has 0 radical (unpaired) electrons. The molecule has 0 aliphatic carbocycles. The minimum atomic E-state index is -0.562. The molecule has 1 atom stereocenters. The maximum absolute atomic E-state index is 9.92. The van der Waals surface area contributed by atoms with Crippen LogP contribution in [0.1, 0.15) is 12.5 Å². The van der Waals surface area contributed by atoms with Crippen LogP contribution in [0.5, 0.6) is 5.75 Å². The molecule has 2 aromatic rings. The number of hydrogen-bond donors (Lipinski definition) is 1. The average molecular weight is 281 g/mol. The number of aromatic nitrogens is 2. The predicted molar refractivity (Wildman–Crippen MR) is 74.6 cm³/mol. The summed E-state index contributed by atoms with van der Waals surface area (Å²) in [5.41, 5.74) is 1.00. The van der Waals surface area contributed by atoms with E-state index < -0.39 is 6.10 Å². The fourth-order valence-electron chi connectivity index (χ4n) is 1.76. The van der Waals surface area contributed by atoms with E-state index in [-0.39, 0.29) is 6.61 Å². The molecule has 0 fully saturated rings. The average Bonchev–Trinajstić information content (AvgIpc) is 2.84. The van der Waals surface area contributed by atoms with Crippen LogP contribution in [0.4, 0.5) is 0 Å². The monoisotopic (exact) mass is 280 g/mol. The molecule has 1 aromatic heterocycles. The Labute approximate surface area is 117 Å². The van der Waals surface area contributed by atoms with Gasteiger partial charge < -0.3 is 9.84 Å². The molecular weight excluding hydrogens is 264 g/mol. The van der Waals surface area contributed by atoms with Crippen LogP contribution in [0.15, 0.2) is 36.7 Å². The van der Waals surface area contributed by atoms with Gasteiger partial charge in [-0.3, -0.25) is 4.68 Å². The Kier molecular flexibility index (Phi) is 4.82. The first-order valence-corrected chi connectivity index (χ1v) is 6.63. The quantitative estimate of drug-likeness (QED) is 0.884. The van der Waals surface area contributed by atoms with Crippen molar-refractivity contribution in [2.24, 2.45) is 0 Å². The Balaban J connectivity index is 1.82. The summed E-state index contributed by atoms with van der Waals surface area (Å²) >= 11 is 5.86. The Morgan fingerprint density at radius 2 is 2.32 bits per heavy atom. The fourth-order valence-corrected chi connectivity index (χ4v) is 1.95. The molecule has 0 saturated heterocycles. The van der Waals surface area contributed by atoms with Crippen molar-refractivity contribution in [2.45, 2.75) is 26.0 Å². The van der Waals surface area contributed by atoms with E-state index in [1.165, 1.54) is 0 Å². The molecule has 1 heterocycles. The summed E-state index contributed by atoms with van der Waals surface area (Å²) in [7, 11) is 0. The van der Waals surface area contributed by atoms with Gasteiger partial charge in [0.05, 0.1) is 12.3 Å². The summed E-state index contributed by atoms with van der Waals surface area (Å²) in [6, 6.07) is 7.14. The van der Waals surface area contributed by atoms with Gasteiger partial charge in [-0.25, -0.2) is 0 Å². The smallest absolute Gasteiger partial charge is 0.120 e. The molecule has 5 heteroatoms. The van der Waals surface area contributed by atoms with Crippen molar-refractivity contribution in [2.75, 3.05) is 6.61 Å². The lowest BCUT2D eigenvalue weighted by Crippen LogP contribution is -2.19. The van der Waals surface area contributed by atoms with E-state index in [0.29, 0.717) is 17.2 Å². The maximum Gasteiger partial charge on any atom is 0.120 e. The van der Waals surface area contributed by atoms with Gasteiger partial charge in [-0.05, 0) is 30.7 Å². The summed E-state index contributed by atoms with van der Waals surface area (Å²) in [6.07, 6.45) is 3.67. The van der Waals surface area contributed by atoms with Crippen LogP contribution < -0.4 is 4.74 Å². The van der Waals surface area contributed by atoms with E-state index in [9.17, 15) is 5.11 Å². The molecule has 19 heavy (non-hydrogen) atoms. The molecule has 0 amide bonds. The van der Waals surface area contributed by atoms with Crippen molar-refractivity contribution in [3.8, 4) is 5.75 Å². The summed E-state index contributed by atoms with van der Waals surface area (Å²) in [5, 5.41) is 14.7. The van der Waals surface area contributed by atoms with Gasteiger partial charge >= 0.3 is 0 Å². The van der Waals surface area contributed by atoms with Crippen LogP contribution in [-0.4, -0.2) is 27.6 Å². The summed E-state index contributed by atoms with van der Waals surface area (Å²) < 4.78 is 7.33. The number of aryl methyl sites for hydroxylation is 1. The van der Waals surface area contributed by atoms with Crippen LogP contribution in [0, 0.1) is 0 Å². The van der Waals surface area contributed by atoms with Crippen molar-refractivity contribution in [1.29, 1.82) is 0 Å². The van der Waals surface area contributed by atoms with Gasteiger partial charge in [0.25, 0.3) is 0 Å². The van der Waals surface area contributed by atoms with E-state index in [1.54, 1.807) is 18.3 Å². The second-order valence-corrected chi connectivity index (χ2v) is 4.77. The first-order chi connectivity index (χ1) is 9.17. The van der Waals surface area contributed by atoms with Gasteiger partial charge in [0.2, 0.25) is 0 Å². The second-order valence-electron chi connectivity index (χ2n) is 4.33. The van der Waals surface area contributed by atoms with E-state index in [1.807, 2.05) is 29.9 Å². The number of aliphatic hydroxyl groups excluding tert-OH is 1. The SMILES string of the molecule is CCn1cc(CC(O)COc2cccc(Cl)c2)cn1. The standard InChI is InChI=1S/C14H17ClN2O2/c1-2-17-9-11(8-16-17)6-13(18)10-19-14-5-3-4-12(15)7-14/h3-5,7-9,13,18H,2,6,10H2,1H3. The molecule has 4 nitrogen and oxygen atoms in total. The molecular formula is C14H17ClN2O2. The summed E-state index contributed by atoms with van der Waals surface area (Å²) in [4.78, 5) is 0. The fraction of sp³-hybridized carbons (Fsp3) is 0.357. The zero-order valence-electron chi connectivity index (χ0n) is 10.8. The number of aliphatic hydroxyl groups is 1. The van der Waals surface area contributed by atoms with Crippen LogP contribution in [0.2, 0.25) is 5.02 Å². The normalized spacial score (nSPS) is 12.4. The molecule has 102 valence electrons. The Hall–Kier alpha value is -1.52. The number of benzene rings is 1. The lowest BCUT2D eigenvalue weighted by molar-refractivity contribution is 0.108. The highest BCUT2D eigenvalue weighted by molar-refractivity contribution is 6.30. The van der Waals surface area contributed by atoms with Crippen molar-refractivity contribution in [3.63, 3.8) is 0 Å². The Morgan fingerprint density at radius 1 is 1.47 bits per heavy atom. The molecule has 0 bridgehead atoms. The zero-order chi connectivity index (χ0) is 13.7. The number of rotatable bonds is 6. The maximum atomic E-state index is 9.92. The first-order valence-electron chi connectivity index (χ1n) is 6.25.